The van der Waals surface area contributed by atoms with Crippen LogP contribution in [0.1, 0.15) is 21.9 Å². The van der Waals surface area contributed by atoms with Crippen LogP contribution in [0.15, 0.2) is 59.5 Å². The molecule has 1 N–H and O–H groups in total. The highest BCUT2D eigenvalue weighted by Crippen LogP contribution is 2.18. The molecule has 0 aliphatic heterocycles. The van der Waals surface area contributed by atoms with Gasteiger partial charge in [0, 0.05) is 7.05 Å². The van der Waals surface area contributed by atoms with E-state index in [0.29, 0.717) is 28.0 Å². The number of amides is 1. The molecule has 8 heteroatoms. The number of nitrogens with zero attached hydrogens (tertiary/aromatic N) is 4. The summed E-state index contributed by atoms with van der Waals surface area (Å²) in [5.41, 5.74) is 1.45. The van der Waals surface area contributed by atoms with Crippen molar-refractivity contribution in [3.63, 3.8) is 0 Å². The van der Waals surface area contributed by atoms with Crippen molar-refractivity contribution in [2.45, 2.75) is 13.5 Å². The van der Waals surface area contributed by atoms with Crippen LogP contribution in [0.25, 0.3) is 16.6 Å². The van der Waals surface area contributed by atoms with Gasteiger partial charge >= 0.3 is 0 Å². The van der Waals surface area contributed by atoms with Crippen LogP contribution < -0.4 is 5.56 Å². The second-order valence-corrected chi connectivity index (χ2v) is 6.70. The van der Waals surface area contributed by atoms with E-state index in [4.69, 9.17) is 0 Å². The molecular formula is C21H18FN5O2. The standard InChI is InChI=1S/C21H18FN5O2/c1-13-15(11-23-27(13)18-10-6-4-8-16(18)22)21(29)26(2)12-19-24-17-9-5-3-7-14(17)20(28)25-19/h3-11H,12H2,1-2H3,(H,24,25,28). The first-order valence-corrected chi connectivity index (χ1v) is 8.98. The lowest BCUT2D eigenvalue weighted by atomic mass is 10.2. The molecule has 0 atom stereocenters. The second-order valence-electron chi connectivity index (χ2n) is 6.70. The van der Waals surface area contributed by atoms with Crippen molar-refractivity contribution in [3.05, 3.63) is 88.0 Å². The molecule has 0 bridgehead atoms. The van der Waals surface area contributed by atoms with Crippen molar-refractivity contribution in [2.75, 3.05) is 7.05 Å². The average molecular weight is 391 g/mol. The SMILES string of the molecule is Cc1c(C(=O)N(C)Cc2nc3ccccc3c(=O)[nH]2)cnn1-c1ccccc1F. The van der Waals surface area contributed by atoms with Gasteiger partial charge in [-0.2, -0.15) is 5.10 Å². The summed E-state index contributed by atoms with van der Waals surface area (Å²) in [5.74, 6) is -0.353. The molecule has 0 fully saturated rings. The second kappa shape index (κ2) is 7.31. The van der Waals surface area contributed by atoms with E-state index in [1.54, 1.807) is 56.4 Å². The van der Waals surface area contributed by atoms with Crippen LogP contribution in [0.3, 0.4) is 0 Å². The summed E-state index contributed by atoms with van der Waals surface area (Å²) in [5, 5.41) is 4.66. The van der Waals surface area contributed by atoms with E-state index in [9.17, 15) is 14.0 Å². The molecule has 2 aromatic carbocycles. The molecule has 0 spiro atoms. The van der Waals surface area contributed by atoms with Gasteiger partial charge in [-0.05, 0) is 31.2 Å². The molecule has 2 heterocycles. The van der Waals surface area contributed by atoms with Gasteiger partial charge in [0.15, 0.2) is 0 Å². The number of H-pyrrole nitrogens is 1. The number of aromatic nitrogens is 4. The van der Waals surface area contributed by atoms with E-state index >= 15 is 0 Å². The topological polar surface area (TPSA) is 83.9 Å². The fourth-order valence-corrected chi connectivity index (χ4v) is 3.20. The molecule has 2 aromatic heterocycles. The maximum atomic E-state index is 14.1. The summed E-state index contributed by atoms with van der Waals surface area (Å²) in [6.07, 6.45) is 1.41. The minimum absolute atomic E-state index is 0.114. The number of benzene rings is 2. The van der Waals surface area contributed by atoms with E-state index in [1.165, 1.54) is 21.8 Å². The molecule has 0 radical (unpaired) electrons. The van der Waals surface area contributed by atoms with Crippen molar-refractivity contribution in [1.29, 1.82) is 0 Å². The average Bonchev–Trinajstić information content (AvgIpc) is 3.09. The Morgan fingerprint density at radius 2 is 1.90 bits per heavy atom. The Morgan fingerprint density at radius 1 is 1.17 bits per heavy atom. The number of carbonyl (C=O) groups is 1. The van der Waals surface area contributed by atoms with Crippen LogP contribution in [0.5, 0.6) is 0 Å². The third-order valence-electron chi connectivity index (χ3n) is 4.72. The molecule has 4 aromatic rings. The highest BCUT2D eigenvalue weighted by atomic mass is 19.1. The highest BCUT2D eigenvalue weighted by molar-refractivity contribution is 5.95. The predicted molar refractivity (Wildman–Crippen MR) is 106 cm³/mol. The molecule has 146 valence electrons. The first kappa shape index (κ1) is 18.5. The molecule has 0 aliphatic rings. The van der Waals surface area contributed by atoms with Gasteiger partial charge in [0.1, 0.15) is 17.3 Å². The van der Waals surface area contributed by atoms with Crippen molar-refractivity contribution in [2.24, 2.45) is 0 Å². The number of hydrogen-bond acceptors (Lipinski definition) is 4. The number of nitrogens with one attached hydrogen (secondary N) is 1. The largest absolute Gasteiger partial charge is 0.334 e. The fourth-order valence-electron chi connectivity index (χ4n) is 3.20. The highest BCUT2D eigenvalue weighted by Gasteiger charge is 2.20. The number of fused-ring (bicyclic) bond motifs is 1. The van der Waals surface area contributed by atoms with Gasteiger partial charge in [-0.25, -0.2) is 14.1 Å². The van der Waals surface area contributed by atoms with Gasteiger partial charge < -0.3 is 9.88 Å². The Balaban J connectivity index is 1.61. The number of rotatable bonds is 4. The third-order valence-corrected chi connectivity index (χ3v) is 4.72. The van der Waals surface area contributed by atoms with Crippen molar-refractivity contribution < 1.29 is 9.18 Å². The number of carbonyl (C=O) groups excluding carboxylic acids is 1. The Kier molecular flexibility index (Phi) is 4.67. The van der Waals surface area contributed by atoms with Crippen molar-refractivity contribution in [1.82, 2.24) is 24.6 Å². The lowest BCUT2D eigenvalue weighted by Gasteiger charge is -2.16. The molecule has 4 rings (SSSR count). The number of para-hydroxylation sites is 2. The molecule has 29 heavy (non-hydrogen) atoms. The monoisotopic (exact) mass is 391 g/mol. The third kappa shape index (κ3) is 3.40. The Bertz CT molecular complexity index is 1280. The molecule has 0 unspecified atom stereocenters. The summed E-state index contributed by atoms with van der Waals surface area (Å²) in [7, 11) is 1.61. The van der Waals surface area contributed by atoms with Gasteiger partial charge in [0.25, 0.3) is 11.5 Å². The lowest BCUT2D eigenvalue weighted by molar-refractivity contribution is 0.0781. The van der Waals surface area contributed by atoms with Crippen LogP contribution in [0.4, 0.5) is 4.39 Å². The lowest BCUT2D eigenvalue weighted by Crippen LogP contribution is -2.28. The minimum Gasteiger partial charge on any atom is -0.334 e. The Morgan fingerprint density at radius 3 is 2.69 bits per heavy atom. The van der Waals surface area contributed by atoms with Crippen LogP contribution in [0, 0.1) is 12.7 Å². The van der Waals surface area contributed by atoms with Gasteiger partial charge in [-0.15, -0.1) is 0 Å². The predicted octanol–water partition coefficient (Wildman–Crippen LogP) is 2.83. The van der Waals surface area contributed by atoms with Gasteiger partial charge in [-0.3, -0.25) is 9.59 Å². The molecule has 0 aliphatic carbocycles. The Labute approximate surface area is 165 Å². The zero-order valence-corrected chi connectivity index (χ0v) is 15.9. The van der Waals surface area contributed by atoms with E-state index < -0.39 is 5.82 Å². The summed E-state index contributed by atoms with van der Waals surface area (Å²) in [6, 6.07) is 13.2. The van der Waals surface area contributed by atoms with E-state index in [2.05, 4.69) is 15.1 Å². The summed E-state index contributed by atoms with van der Waals surface area (Å²) in [6.45, 7) is 1.82. The summed E-state index contributed by atoms with van der Waals surface area (Å²) in [4.78, 5) is 33.7. The van der Waals surface area contributed by atoms with Crippen LogP contribution in [-0.2, 0) is 6.54 Å². The van der Waals surface area contributed by atoms with Crippen molar-refractivity contribution >= 4 is 16.8 Å². The zero-order valence-electron chi connectivity index (χ0n) is 15.9. The number of aromatic amines is 1. The number of hydrogen-bond donors (Lipinski definition) is 1. The minimum atomic E-state index is -0.427. The van der Waals surface area contributed by atoms with Gasteiger partial charge in [-0.1, -0.05) is 24.3 Å². The maximum absolute atomic E-state index is 14.1. The van der Waals surface area contributed by atoms with Crippen LogP contribution in [-0.4, -0.2) is 37.6 Å². The summed E-state index contributed by atoms with van der Waals surface area (Å²) < 4.78 is 15.5. The normalized spacial score (nSPS) is 11.0. The molecule has 0 saturated heterocycles. The Hall–Kier alpha value is -3.81. The molecule has 1 amide bonds. The molecular weight excluding hydrogens is 373 g/mol. The number of halogens is 1. The molecule has 7 nitrogen and oxygen atoms in total. The van der Waals surface area contributed by atoms with E-state index in [-0.39, 0.29) is 23.7 Å². The zero-order chi connectivity index (χ0) is 20.5. The van der Waals surface area contributed by atoms with Gasteiger partial charge in [0.2, 0.25) is 0 Å². The van der Waals surface area contributed by atoms with Crippen LogP contribution in [0.2, 0.25) is 0 Å². The van der Waals surface area contributed by atoms with E-state index in [0.717, 1.165) is 0 Å². The first-order chi connectivity index (χ1) is 14.0. The first-order valence-electron chi connectivity index (χ1n) is 8.98. The van der Waals surface area contributed by atoms with Crippen LogP contribution >= 0.6 is 0 Å². The smallest absolute Gasteiger partial charge is 0.258 e. The quantitative estimate of drug-likeness (QED) is 0.580. The fraction of sp³-hybridized carbons (Fsp3) is 0.143. The van der Waals surface area contributed by atoms with Crippen molar-refractivity contribution in [3.8, 4) is 5.69 Å². The summed E-state index contributed by atoms with van der Waals surface area (Å²) >= 11 is 0. The maximum Gasteiger partial charge on any atom is 0.258 e. The van der Waals surface area contributed by atoms with Gasteiger partial charge in [0.05, 0.1) is 34.9 Å². The molecule has 0 saturated carbocycles. The van der Waals surface area contributed by atoms with E-state index in [1.807, 2.05) is 0 Å².